The third-order valence-corrected chi connectivity index (χ3v) is 5.44. The van der Waals surface area contributed by atoms with Crippen molar-refractivity contribution in [2.75, 3.05) is 20.2 Å². The Morgan fingerprint density at radius 2 is 2.00 bits per heavy atom. The van der Waals surface area contributed by atoms with E-state index in [1.54, 1.807) is 29.2 Å². The highest BCUT2D eigenvalue weighted by Crippen LogP contribution is 2.32. The number of carbonyl (C=O) groups excluding carboxylic acids is 3. The van der Waals surface area contributed by atoms with E-state index in [0.29, 0.717) is 30.1 Å². The van der Waals surface area contributed by atoms with Crippen molar-refractivity contribution in [3.8, 4) is 5.75 Å². The predicted molar refractivity (Wildman–Crippen MR) is 97.0 cm³/mol. The third kappa shape index (κ3) is 3.89. The molecule has 2 unspecified atom stereocenters. The van der Waals surface area contributed by atoms with Crippen LogP contribution in [0.1, 0.15) is 48.9 Å². The quantitative estimate of drug-likeness (QED) is 0.875. The first-order valence-corrected chi connectivity index (χ1v) is 9.35. The van der Waals surface area contributed by atoms with Gasteiger partial charge in [0, 0.05) is 24.9 Å². The second-order valence-electron chi connectivity index (χ2n) is 7.00. The minimum atomic E-state index is -0.333. The second-order valence-corrected chi connectivity index (χ2v) is 7.00. The van der Waals surface area contributed by atoms with E-state index in [1.807, 2.05) is 0 Å². The van der Waals surface area contributed by atoms with Gasteiger partial charge in [-0.2, -0.15) is 0 Å². The van der Waals surface area contributed by atoms with Crippen LogP contribution in [0.2, 0.25) is 0 Å². The average Bonchev–Trinajstić information content (AvgIpc) is 3.15. The molecule has 2 amide bonds. The SMILES string of the molecule is COc1ccccc1C(=O)NCC(=O)N1CCCC1C1CCCCC1=O. The fourth-order valence-corrected chi connectivity index (χ4v) is 4.12. The standard InChI is InChI=1S/C20H26N2O4/c1-26-18-11-5-3-8-15(18)20(25)21-13-19(24)22-12-6-9-16(22)14-7-2-4-10-17(14)23/h3,5,8,11,14,16H,2,4,6-7,9-10,12-13H2,1H3,(H,21,25). The highest BCUT2D eigenvalue weighted by Gasteiger charge is 2.38. The fourth-order valence-electron chi connectivity index (χ4n) is 4.12. The number of Topliss-reactive ketones (excluding diaryl/α,β-unsaturated/α-hetero) is 1. The van der Waals surface area contributed by atoms with E-state index in [9.17, 15) is 14.4 Å². The summed E-state index contributed by atoms with van der Waals surface area (Å²) in [6.45, 7) is 0.603. The van der Waals surface area contributed by atoms with E-state index < -0.39 is 0 Å². The molecule has 6 heteroatoms. The lowest BCUT2D eigenvalue weighted by molar-refractivity contribution is -0.135. The van der Waals surface area contributed by atoms with Crippen LogP contribution >= 0.6 is 0 Å². The molecule has 1 aliphatic carbocycles. The lowest BCUT2D eigenvalue weighted by Gasteiger charge is -2.33. The Kier molecular flexibility index (Phi) is 5.91. The van der Waals surface area contributed by atoms with Gasteiger partial charge in [-0.3, -0.25) is 14.4 Å². The maximum Gasteiger partial charge on any atom is 0.255 e. The van der Waals surface area contributed by atoms with Crippen molar-refractivity contribution < 1.29 is 19.1 Å². The van der Waals surface area contributed by atoms with Crippen molar-refractivity contribution in [1.82, 2.24) is 10.2 Å². The van der Waals surface area contributed by atoms with Crippen molar-refractivity contribution in [2.24, 2.45) is 5.92 Å². The lowest BCUT2D eigenvalue weighted by Crippen LogP contribution is -2.47. The molecular weight excluding hydrogens is 332 g/mol. The van der Waals surface area contributed by atoms with Gasteiger partial charge in [-0.15, -0.1) is 0 Å². The van der Waals surface area contributed by atoms with Gasteiger partial charge in [-0.25, -0.2) is 0 Å². The summed E-state index contributed by atoms with van der Waals surface area (Å²) in [6.07, 6.45) is 5.32. The van der Waals surface area contributed by atoms with Gasteiger partial charge >= 0.3 is 0 Å². The second kappa shape index (κ2) is 8.34. The maximum atomic E-state index is 12.7. The minimum absolute atomic E-state index is 0.00142. The minimum Gasteiger partial charge on any atom is -0.496 e. The monoisotopic (exact) mass is 358 g/mol. The van der Waals surface area contributed by atoms with E-state index in [1.165, 1.54) is 7.11 Å². The van der Waals surface area contributed by atoms with Gasteiger partial charge in [-0.1, -0.05) is 18.6 Å². The van der Waals surface area contributed by atoms with Crippen molar-refractivity contribution in [1.29, 1.82) is 0 Å². The summed E-state index contributed by atoms with van der Waals surface area (Å²) in [4.78, 5) is 39.1. The van der Waals surface area contributed by atoms with Crippen molar-refractivity contribution in [3.05, 3.63) is 29.8 Å². The molecule has 2 fully saturated rings. The zero-order valence-corrected chi connectivity index (χ0v) is 15.2. The molecule has 1 saturated heterocycles. The molecule has 1 aliphatic heterocycles. The summed E-state index contributed by atoms with van der Waals surface area (Å²) in [5.74, 6) is 0.290. The zero-order valence-electron chi connectivity index (χ0n) is 15.2. The van der Waals surface area contributed by atoms with Crippen LogP contribution in [0.3, 0.4) is 0 Å². The Labute approximate surface area is 153 Å². The Bertz CT molecular complexity index is 688. The number of rotatable bonds is 5. The number of benzene rings is 1. The number of likely N-dealkylation sites (tertiary alicyclic amines) is 1. The maximum absolute atomic E-state index is 12.7. The van der Waals surface area contributed by atoms with Crippen LogP contribution in [0.25, 0.3) is 0 Å². The summed E-state index contributed by atoms with van der Waals surface area (Å²) in [6, 6.07) is 6.92. The molecule has 3 rings (SSSR count). The molecule has 2 atom stereocenters. The Balaban J connectivity index is 1.60. The van der Waals surface area contributed by atoms with Crippen LogP contribution in [-0.4, -0.2) is 48.7 Å². The number of carbonyl (C=O) groups is 3. The summed E-state index contributed by atoms with van der Waals surface area (Å²) in [7, 11) is 1.51. The summed E-state index contributed by atoms with van der Waals surface area (Å²) >= 11 is 0. The summed E-state index contributed by atoms with van der Waals surface area (Å²) < 4.78 is 5.19. The number of hydrogen-bond donors (Lipinski definition) is 1. The molecule has 1 aromatic rings. The largest absolute Gasteiger partial charge is 0.496 e. The van der Waals surface area contributed by atoms with Gasteiger partial charge in [0.1, 0.15) is 11.5 Å². The molecule has 6 nitrogen and oxygen atoms in total. The van der Waals surface area contributed by atoms with E-state index in [0.717, 1.165) is 32.1 Å². The van der Waals surface area contributed by atoms with Crippen LogP contribution in [0.4, 0.5) is 0 Å². The molecule has 26 heavy (non-hydrogen) atoms. The Morgan fingerprint density at radius 1 is 1.19 bits per heavy atom. The molecule has 0 bridgehead atoms. The number of hydrogen-bond acceptors (Lipinski definition) is 4. The predicted octanol–water partition coefficient (Wildman–Crippen LogP) is 2.18. The van der Waals surface area contributed by atoms with Crippen LogP contribution in [0.5, 0.6) is 5.75 Å². The summed E-state index contributed by atoms with van der Waals surface area (Å²) in [5, 5.41) is 2.69. The van der Waals surface area contributed by atoms with Crippen LogP contribution in [-0.2, 0) is 9.59 Å². The Hall–Kier alpha value is -2.37. The molecule has 0 spiro atoms. The van der Waals surface area contributed by atoms with Crippen LogP contribution in [0.15, 0.2) is 24.3 Å². The summed E-state index contributed by atoms with van der Waals surface area (Å²) in [5.41, 5.74) is 0.406. The Morgan fingerprint density at radius 3 is 2.77 bits per heavy atom. The number of para-hydroxylation sites is 1. The van der Waals surface area contributed by atoms with E-state index in [4.69, 9.17) is 4.74 Å². The number of nitrogens with zero attached hydrogens (tertiary/aromatic N) is 1. The normalized spacial score (nSPS) is 23.0. The third-order valence-electron chi connectivity index (χ3n) is 5.44. The first-order valence-electron chi connectivity index (χ1n) is 9.35. The van der Waals surface area contributed by atoms with Crippen molar-refractivity contribution in [3.63, 3.8) is 0 Å². The number of ketones is 1. The lowest BCUT2D eigenvalue weighted by atomic mass is 9.82. The number of nitrogens with one attached hydrogen (secondary N) is 1. The highest BCUT2D eigenvalue weighted by molar-refractivity contribution is 5.98. The molecule has 1 N–H and O–H groups in total. The van der Waals surface area contributed by atoms with Crippen molar-refractivity contribution in [2.45, 2.75) is 44.6 Å². The van der Waals surface area contributed by atoms with Gasteiger partial charge in [-0.05, 0) is 37.8 Å². The highest BCUT2D eigenvalue weighted by atomic mass is 16.5. The molecule has 0 aromatic heterocycles. The zero-order chi connectivity index (χ0) is 18.5. The van der Waals surface area contributed by atoms with Gasteiger partial charge in [0.2, 0.25) is 5.91 Å². The van der Waals surface area contributed by atoms with Crippen LogP contribution in [0, 0.1) is 5.92 Å². The van der Waals surface area contributed by atoms with Gasteiger partial charge < -0.3 is 15.0 Å². The van der Waals surface area contributed by atoms with Gasteiger partial charge in [0.05, 0.1) is 19.2 Å². The van der Waals surface area contributed by atoms with E-state index in [2.05, 4.69) is 5.32 Å². The molecule has 0 radical (unpaired) electrons. The number of methoxy groups -OCH3 is 1. The molecular formula is C20H26N2O4. The molecule has 1 saturated carbocycles. The smallest absolute Gasteiger partial charge is 0.255 e. The van der Waals surface area contributed by atoms with Gasteiger partial charge in [0.15, 0.2) is 0 Å². The average molecular weight is 358 g/mol. The van der Waals surface area contributed by atoms with Crippen molar-refractivity contribution >= 4 is 17.6 Å². The number of ether oxygens (including phenoxy) is 1. The molecule has 1 heterocycles. The van der Waals surface area contributed by atoms with E-state index >= 15 is 0 Å². The fraction of sp³-hybridized carbons (Fsp3) is 0.550. The number of amides is 2. The molecule has 140 valence electrons. The first kappa shape index (κ1) is 18.4. The molecule has 2 aliphatic rings. The van der Waals surface area contributed by atoms with Gasteiger partial charge in [0.25, 0.3) is 5.91 Å². The topological polar surface area (TPSA) is 75.7 Å². The van der Waals surface area contributed by atoms with Crippen LogP contribution < -0.4 is 10.1 Å². The first-order chi connectivity index (χ1) is 12.6. The molecule has 1 aromatic carbocycles. The van der Waals surface area contributed by atoms with E-state index in [-0.39, 0.29) is 30.3 Å².